The van der Waals surface area contributed by atoms with Crippen LogP contribution in [-0.2, 0) is 20.5 Å². The van der Waals surface area contributed by atoms with E-state index in [1.165, 1.54) is 31.0 Å². The fourth-order valence-corrected chi connectivity index (χ4v) is 6.55. The first-order valence-corrected chi connectivity index (χ1v) is 16.5. The number of para-hydroxylation sites is 1. The maximum absolute atomic E-state index is 15.4. The Hall–Kier alpha value is -3.98. The lowest BCUT2D eigenvalue weighted by Gasteiger charge is -2.48. The number of alkyl halides is 3. The zero-order valence-corrected chi connectivity index (χ0v) is 28.9. The number of halogens is 4. The van der Waals surface area contributed by atoms with Crippen LogP contribution in [0.4, 0.5) is 39.5 Å². The number of piperazine rings is 1. The van der Waals surface area contributed by atoms with Crippen LogP contribution in [0, 0.1) is 12.7 Å². The molecule has 1 unspecified atom stereocenters. The van der Waals surface area contributed by atoms with Gasteiger partial charge in [-0.3, -0.25) is 24.3 Å². The van der Waals surface area contributed by atoms with Crippen LogP contribution in [0.1, 0.15) is 44.9 Å². The van der Waals surface area contributed by atoms with Crippen molar-refractivity contribution < 1.29 is 36.7 Å². The van der Waals surface area contributed by atoms with Gasteiger partial charge < -0.3 is 19.4 Å². The summed E-state index contributed by atoms with van der Waals surface area (Å²) in [6.45, 7) is 12.7. The van der Waals surface area contributed by atoms with Crippen molar-refractivity contribution in [3.05, 3.63) is 47.4 Å². The first-order chi connectivity index (χ1) is 22.9. The first-order valence-electron chi connectivity index (χ1n) is 16.5. The fraction of sp³-hybridized carbons (Fsp3) is 0.588. The molecule has 5 rings (SSSR count). The molecule has 4 heterocycles. The van der Waals surface area contributed by atoms with Gasteiger partial charge in [0, 0.05) is 84.6 Å². The Labute approximate surface area is 284 Å². The molecule has 49 heavy (non-hydrogen) atoms. The largest absolute Gasteiger partial charge is 0.444 e. The summed E-state index contributed by atoms with van der Waals surface area (Å²) in [7, 11) is 3.22. The Balaban J connectivity index is 1.20. The summed E-state index contributed by atoms with van der Waals surface area (Å²) >= 11 is 0. The fourth-order valence-electron chi connectivity index (χ4n) is 6.55. The van der Waals surface area contributed by atoms with Crippen molar-refractivity contribution in [2.24, 2.45) is 0 Å². The standard InChI is InChI=1S/C34H45F4N7O4/c1-22-18-23(34(36,37)38)19-28(39-22)45-27(10-11-29(45)46)31(47)41(6)26-9-7-8-25(35)30(26)40(5)12-13-42-14-16-43(17-15-42)24-20-44(21-24)32(48)49-33(2,3)4/h7-9,18-19,24,27H,10-17,20-21H2,1-6H3. The molecule has 11 nitrogen and oxygen atoms in total. The molecule has 1 atom stereocenters. The molecular weight excluding hydrogens is 646 g/mol. The Bertz CT molecular complexity index is 1550. The molecular formula is C34H45F4N7O4. The van der Waals surface area contributed by atoms with Crippen molar-refractivity contribution in [3.63, 3.8) is 0 Å². The molecule has 0 N–H and O–H groups in total. The van der Waals surface area contributed by atoms with Crippen molar-refractivity contribution >= 4 is 35.1 Å². The van der Waals surface area contributed by atoms with Gasteiger partial charge in [0.15, 0.2) is 0 Å². The Morgan fingerprint density at radius 2 is 1.71 bits per heavy atom. The van der Waals surface area contributed by atoms with Gasteiger partial charge in [-0.25, -0.2) is 14.2 Å². The second kappa shape index (κ2) is 14.1. The molecule has 0 bridgehead atoms. The minimum Gasteiger partial charge on any atom is -0.444 e. The van der Waals surface area contributed by atoms with Crippen molar-refractivity contribution in [3.8, 4) is 0 Å². The highest BCUT2D eigenvalue weighted by atomic mass is 19.4. The van der Waals surface area contributed by atoms with Gasteiger partial charge in [0.2, 0.25) is 11.8 Å². The van der Waals surface area contributed by atoms with Crippen molar-refractivity contribution in [2.45, 2.75) is 64.4 Å². The number of carbonyl (C=O) groups excluding carboxylic acids is 3. The minimum absolute atomic E-state index is 0.0346. The summed E-state index contributed by atoms with van der Waals surface area (Å²) in [5.41, 5.74) is -0.938. The zero-order valence-electron chi connectivity index (χ0n) is 28.9. The maximum Gasteiger partial charge on any atom is 0.416 e. The van der Waals surface area contributed by atoms with Gasteiger partial charge in [0.1, 0.15) is 23.3 Å². The van der Waals surface area contributed by atoms with E-state index in [-0.39, 0.29) is 41.8 Å². The summed E-state index contributed by atoms with van der Waals surface area (Å²) in [6.07, 6.45) is -4.89. The van der Waals surface area contributed by atoms with Gasteiger partial charge in [-0.15, -0.1) is 0 Å². The highest BCUT2D eigenvalue weighted by Crippen LogP contribution is 2.36. The number of likely N-dealkylation sites (N-methyl/N-ethyl adjacent to an activating group) is 2. The average Bonchev–Trinajstić information content (AvgIpc) is 3.38. The lowest BCUT2D eigenvalue weighted by Crippen LogP contribution is -2.64. The van der Waals surface area contributed by atoms with E-state index >= 15 is 4.39 Å². The third-order valence-electron chi connectivity index (χ3n) is 9.24. The van der Waals surface area contributed by atoms with E-state index in [2.05, 4.69) is 14.8 Å². The number of amides is 3. The molecule has 3 amide bonds. The van der Waals surface area contributed by atoms with Crippen LogP contribution in [0.2, 0.25) is 0 Å². The minimum atomic E-state index is -4.65. The molecule has 3 aliphatic heterocycles. The predicted molar refractivity (Wildman–Crippen MR) is 177 cm³/mol. The number of anilines is 3. The van der Waals surface area contributed by atoms with Gasteiger partial charge in [-0.1, -0.05) is 6.07 Å². The van der Waals surface area contributed by atoms with Crippen LogP contribution in [0.5, 0.6) is 0 Å². The van der Waals surface area contributed by atoms with E-state index < -0.39 is 41.0 Å². The maximum atomic E-state index is 15.4. The normalized spacial score (nSPS) is 19.6. The number of hydrogen-bond donors (Lipinski definition) is 0. The van der Waals surface area contributed by atoms with Crippen LogP contribution in [0.25, 0.3) is 0 Å². The third-order valence-corrected chi connectivity index (χ3v) is 9.24. The average molecular weight is 692 g/mol. The smallest absolute Gasteiger partial charge is 0.416 e. The molecule has 3 saturated heterocycles. The zero-order chi connectivity index (χ0) is 35.8. The molecule has 2 aromatic rings. The van der Waals surface area contributed by atoms with Crippen molar-refractivity contribution in [2.75, 3.05) is 81.2 Å². The summed E-state index contributed by atoms with van der Waals surface area (Å²) in [5, 5.41) is 0. The van der Waals surface area contributed by atoms with Gasteiger partial charge >= 0.3 is 12.3 Å². The molecule has 1 aromatic carbocycles. The number of pyridine rings is 1. The van der Waals surface area contributed by atoms with E-state index in [9.17, 15) is 27.6 Å². The van der Waals surface area contributed by atoms with E-state index in [0.29, 0.717) is 32.2 Å². The predicted octanol–water partition coefficient (Wildman–Crippen LogP) is 4.38. The Morgan fingerprint density at radius 1 is 1.04 bits per heavy atom. The van der Waals surface area contributed by atoms with Crippen LogP contribution in [0.3, 0.4) is 0 Å². The summed E-state index contributed by atoms with van der Waals surface area (Å²) < 4.78 is 61.5. The van der Waals surface area contributed by atoms with Gasteiger partial charge in [-0.05, 0) is 58.4 Å². The number of benzene rings is 1. The second-order valence-corrected chi connectivity index (χ2v) is 14.0. The van der Waals surface area contributed by atoms with Gasteiger partial charge in [0.25, 0.3) is 0 Å². The molecule has 0 radical (unpaired) electrons. The van der Waals surface area contributed by atoms with E-state index in [0.717, 1.165) is 43.2 Å². The van der Waals surface area contributed by atoms with E-state index in [1.54, 1.807) is 22.9 Å². The summed E-state index contributed by atoms with van der Waals surface area (Å²) in [6, 6.07) is 5.28. The topological polar surface area (TPSA) is 92.8 Å². The number of nitrogens with zero attached hydrogens (tertiary/aromatic N) is 7. The molecule has 3 fully saturated rings. The van der Waals surface area contributed by atoms with Crippen LogP contribution >= 0.6 is 0 Å². The molecule has 0 aliphatic carbocycles. The molecule has 15 heteroatoms. The monoisotopic (exact) mass is 691 g/mol. The van der Waals surface area contributed by atoms with E-state index in [1.807, 2.05) is 20.8 Å². The number of carbonyl (C=O) groups is 3. The second-order valence-electron chi connectivity index (χ2n) is 14.0. The van der Waals surface area contributed by atoms with Gasteiger partial charge in [0.05, 0.1) is 16.9 Å². The lowest BCUT2D eigenvalue weighted by atomic mass is 10.1. The van der Waals surface area contributed by atoms with Gasteiger partial charge in [-0.2, -0.15) is 13.2 Å². The van der Waals surface area contributed by atoms with Crippen LogP contribution < -0.4 is 14.7 Å². The SMILES string of the molecule is Cc1cc(C(F)(F)F)cc(N2C(=O)CCC2C(=O)N(C)c2cccc(F)c2N(C)CCN2CCN(C3CN(C(=O)OC(C)(C)C)C3)CC2)n1. The number of rotatable bonds is 8. The first kappa shape index (κ1) is 36.3. The lowest BCUT2D eigenvalue weighted by molar-refractivity contribution is -0.137. The number of ether oxygens (including phenoxy) is 1. The number of hydrogen-bond acceptors (Lipinski definition) is 8. The molecule has 0 spiro atoms. The number of aromatic nitrogens is 1. The van der Waals surface area contributed by atoms with Crippen LogP contribution in [-0.4, -0.2) is 122 Å². The Kier molecular flexibility index (Phi) is 10.4. The molecule has 1 aromatic heterocycles. The number of aryl methyl sites for hydroxylation is 1. The van der Waals surface area contributed by atoms with Crippen LogP contribution in [0.15, 0.2) is 30.3 Å². The third kappa shape index (κ3) is 8.26. The summed E-state index contributed by atoms with van der Waals surface area (Å²) in [4.78, 5) is 53.6. The Morgan fingerprint density at radius 3 is 2.35 bits per heavy atom. The highest BCUT2D eigenvalue weighted by Gasteiger charge is 2.42. The van der Waals surface area contributed by atoms with E-state index in [4.69, 9.17) is 4.74 Å². The summed E-state index contributed by atoms with van der Waals surface area (Å²) in [5.74, 6) is -1.83. The quantitative estimate of drug-likeness (QED) is 0.377. The molecule has 0 saturated carbocycles. The molecule has 268 valence electrons. The molecule has 3 aliphatic rings. The van der Waals surface area contributed by atoms with Crippen molar-refractivity contribution in [1.82, 2.24) is 19.7 Å². The highest BCUT2D eigenvalue weighted by molar-refractivity contribution is 6.09. The number of likely N-dealkylation sites (tertiary alicyclic amines) is 1. The van der Waals surface area contributed by atoms with Crippen molar-refractivity contribution in [1.29, 1.82) is 0 Å².